The molecule has 1 aliphatic rings. The molecule has 1 atom stereocenters. The van der Waals surface area contributed by atoms with Crippen LogP contribution in [0.2, 0.25) is 19.6 Å². The van der Waals surface area contributed by atoms with Gasteiger partial charge in [0.2, 0.25) is 0 Å². The lowest BCUT2D eigenvalue weighted by Gasteiger charge is -2.15. The van der Waals surface area contributed by atoms with E-state index in [1.165, 1.54) is 19.3 Å². The van der Waals surface area contributed by atoms with E-state index < -0.39 is 8.07 Å². The van der Waals surface area contributed by atoms with Crippen molar-refractivity contribution < 1.29 is 0 Å². The third-order valence-electron chi connectivity index (χ3n) is 2.67. The van der Waals surface area contributed by atoms with Crippen LogP contribution in [-0.4, -0.2) is 8.07 Å². The van der Waals surface area contributed by atoms with Crippen LogP contribution in [0.25, 0.3) is 0 Å². The second kappa shape index (κ2) is 4.27. The minimum absolute atomic E-state index is 0.752. The molecule has 0 aliphatic heterocycles. The molecule has 1 aliphatic carbocycles. The van der Waals surface area contributed by atoms with Gasteiger partial charge in [-0.15, -0.1) is 0 Å². The molecule has 0 aromatic carbocycles. The molecule has 0 radical (unpaired) electrons. The third kappa shape index (κ3) is 3.15. The molecule has 0 saturated heterocycles. The van der Waals surface area contributed by atoms with Crippen LogP contribution in [0.15, 0.2) is 23.4 Å². The van der Waals surface area contributed by atoms with Crippen molar-refractivity contribution in [1.29, 1.82) is 0 Å². The molecular weight excluding hydrogens is 172 g/mol. The first-order chi connectivity index (χ1) is 6.04. The molecule has 0 amide bonds. The van der Waals surface area contributed by atoms with E-state index in [9.17, 15) is 0 Å². The van der Waals surface area contributed by atoms with Crippen LogP contribution < -0.4 is 0 Å². The molecule has 0 N–H and O–H groups in total. The molecule has 0 bridgehead atoms. The predicted molar refractivity (Wildman–Crippen MR) is 63.6 cm³/mol. The summed E-state index contributed by atoms with van der Waals surface area (Å²) >= 11 is 0. The zero-order valence-corrected chi connectivity index (χ0v) is 10.4. The SMILES string of the molecule is CCCCC1C=CC([Si](C)(C)C)=C1. The minimum atomic E-state index is -1.03. The van der Waals surface area contributed by atoms with Gasteiger partial charge < -0.3 is 0 Å². The Morgan fingerprint density at radius 2 is 2.00 bits per heavy atom. The van der Waals surface area contributed by atoms with Crippen LogP contribution in [0, 0.1) is 5.92 Å². The average Bonchev–Trinajstić information content (AvgIpc) is 2.47. The van der Waals surface area contributed by atoms with Crippen molar-refractivity contribution in [3.05, 3.63) is 23.4 Å². The zero-order chi connectivity index (χ0) is 9.90. The Kier molecular flexibility index (Phi) is 3.54. The molecule has 74 valence electrons. The van der Waals surface area contributed by atoms with Gasteiger partial charge in [0, 0.05) is 0 Å². The molecule has 1 unspecified atom stereocenters. The number of hydrogen-bond donors (Lipinski definition) is 0. The van der Waals surface area contributed by atoms with Crippen molar-refractivity contribution in [2.24, 2.45) is 5.92 Å². The Balaban J connectivity index is 2.50. The second-order valence-corrected chi connectivity index (χ2v) is 10.1. The highest BCUT2D eigenvalue weighted by atomic mass is 28.3. The highest BCUT2D eigenvalue weighted by molar-refractivity contribution is 6.83. The van der Waals surface area contributed by atoms with Gasteiger partial charge in [0.25, 0.3) is 0 Å². The summed E-state index contributed by atoms with van der Waals surface area (Å²) in [4.78, 5) is 0. The van der Waals surface area contributed by atoms with Crippen LogP contribution in [0.4, 0.5) is 0 Å². The molecule has 0 nitrogen and oxygen atoms in total. The Bertz CT molecular complexity index is 218. The van der Waals surface area contributed by atoms with Crippen molar-refractivity contribution in [2.45, 2.75) is 45.8 Å². The van der Waals surface area contributed by atoms with E-state index in [0.29, 0.717) is 0 Å². The highest BCUT2D eigenvalue weighted by Crippen LogP contribution is 2.27. The van der Waals surface area contributed by atoms with E-state index in [2.05, 4.69) is 44.8 Å². The van der Waals surface area contributed by atoms with Gasteiger partial charge in [0.1, 0.15) is 0 Å². The fourth-order valence-corrected chi connectivity index (χ4v) is 3.00. The summed E-state index contributed by atoms with van der Waals surface area (Å²) in [5.74, 6) is 0.752. The molecule has 13 heavy (non-hydrogen) atoms. The van der Waals surface area contributed by atoms with Gasteiger partial charge in [-0.25, -0.2) is 0 Å². The van der Waals surface area contributed by atoms with E-state index in [0.717, 1.165) is 5.92 Å². The van der Waals surface area contributed by atoms with Crippen molar-refractivity contribution in [3.8, 4) is 0 Å². The first kappa shape index (κ1) is 10.8. The third-order valence-corrected chi connectivity index (χ3v) is 4.74. The standard InChI is InChI=1S/C12H22Si/c1-5-6-7-11-8-9-12(10-11)13(2,3)4/h8-11H,5-7H2,1-4H3. The van der Waals surface area contributed by atoms with Crippen LogP contribution in [0.1, 0.15) is 26.2 Å². The summed E-state index contributed by atoms with van der Waals surface area (Å²) in [6.45, 7) is 9.53. The maximum atomic E-state index is 2.50. The van der Waals surface area contributed by atoms with Gasteiger partial charge in [0.15, 0.2) is 0 Å². The molecule has 0 aromatic rings. The van der Waals surface area contributed by atoms with E-state index in [4.69, 9.17) is 0 Å². The molecule has 0 spiro atoms. The summed E-state index contributed by atoms with van der Waals surface area (Å²) in [7, 11) is -1.03. The van der Waals surface area contributed by atoms with Gasteiger partial charge >= 0.3 is 0 Å². The molecule has 1 heteroatoms. The Morgan fingerprint density at radius 3 is 2.46 bits per heavy atom. The number of rotatable bonds is 4. The molecule has 0 aromatic heterocycles. The minimum Gasteiger partial charge on any atom is -0.0784 e. The predicted octanol–water partition coefficient (Wildman–Crippen LogP) is 4.17. The average molecular weight is 194 g/mol. The largest absolute Gasteiger partial charge is 0.0784 e. The lowest BCUT2D eigenvalue weighted by molar-refractivity contribution is 0.647. The van der Waals surface area contributed by atoms with Crippen LogP contribution in [0.3, 0.4) is 0 Å². The Hall–Kier alpha value is -0.303. The number of unbranched alkanes of at least 4 members (excludes halogenated alkanes) is 1. The quantitative estimate of drug-likeness (QED) is 0.589. The molecular formula is C12H22Si. The highest BCUT2D eigenvalue weighted by Gasteiger charge is 2.21. The zero-order valence-electron chi connectivity index (χ0n) is 9.43. The Labute approximate surface area is 83.7 Å². The summed E-state index contributed by atoms with van der Waals surface area (Å²) in [5.41, 5.74) is 0. The van der Waals surface area contributed by atoms with E-state index >= 15 is 0 Å². The lowest BCUT2D eigenvalue weighted by Crippen LogP contribution is -2.21. The van der Waals surface area contributed by atoms with E-state index in [-0.39, 0.29) is 0 Å². The van der Waals surface area contributed by atoms with Crippen molar-refractivity contribution in [1.82, 2.24) is 0 Å². The number of allylic oxidation sites excluding steroid dienone is 4. The van der Waals surface area contributed by atoms with Crippen LogP contribution in [0.5, 0.6) is 0 Å². The monoisotopic (exact) mass is 194 g/mol. The van der Waals surface area contributed by atoms with Gasteiger partial charge in [-0.3, -0.25) is 0 Å². The fraction of sp³-hybridized carbons (Fsp3) is 0.667. The van der Waals surface area contributed by atoms with E-state index in [1.54, 1.807) is 5.20 Å². The summed E-state index contributed by atoms with van der Waals surface area (Å²) in [6.07, 6.45) is 11.3. The molecule has 0 saturated carbocycles. The summed E-state index contributed by atoms with van der Waals surface area (Å²) in [5, 5.41) is 1.65. The van der Waals surface area contributed by atoms with E-state index in [1.807, 2.05) is 0 Å². The van der Waals surface area contributed by atoms with Crippen molar-refractivity contribution >= 4 is 8.07 Å². The van der Waals surface area contributed by atoms with Crippen LogP contribution >= 0.6 is 0 Å². The maximum absolute atomic E-state index is 2.50. The normalized spacial score (nSPS) is 22.2. The smallest absolute Gasteiger partial charge is 0.0771 e. The second-order valence-electron chi connectivity index (χ2n) is 5.04. The van der Waals surface area contributed by atoms with Gasteiger partial charge in [-0.1, -0.05) is 62.8 Å². The molecule has 0 fully saturated rings. The van der Waals surface area contributed by atoms with Crippen LogP contribution in [-0.2, 0) is 0 Å². The fourth-order valence-electron chi connectivity index (χ4n) is 1.69. The lowest BCUT2D eigenvalue weighted by atomic mass is 10.0. The van der Waals surface area contributed by atoms with Crippen molar-refractivity contribution in [2.75, 3.05) is 0 Å². The van der Waals surface area contributed by atoms with Gasteiger partial charge in [-0.2, -0.15) is 0 Å². The topological polar surface area (TPSA) is 0 Å². The van der Waals surface area contributed by atoms with Gasteiger partial charge in [-0.05, 0) is 12.3 Å². The summed E-state index contributed by atoms with van der Waals surface area (Å²) in [6, 6.07) is 0. The molecule has 0 heterocycles. The maximum Gasteiger partial charge on any atom is 0.0771 e. The molecule has 1 rings (SSSR count). The van der Waals surface area contributed by atoms with Crippen molar-refractivity contribution in [3.63, 3.8) is 0 Å². The number of hydrogen-bond acceptors (Lipinski definition) is 0. The van der Waals surface area contributed by atoms with Gasteiger partial charge in [0.05, 0.1) is 8.07 Å². The first-order valence-electron chi connectivity index (χ1n) is 5.44. The first-order valence-corrected chi connectivity index (χ1v) is 8.94. The summed E-state index contributed by atoms with van der Waals surface area (Å²) < 4.78 is 0. The Morgan fingerprint density at radius 1 is 1.31 bits per heavy atom.